The van der Waals surface area contributed by atoms with Crippen LogP contribution in [-0.4, -0.2) is 55.3 Å². The number of hydrogen-bond donors (Lipinski definition) is 2. The van der Waals surface area contributed by atoms with Crippen molar-refractivity contribution in [3.63, 3.8) is 0 Å². The van der Waals surface area contributed by atoms with Gasteiger partial charge in [-0.05, 0) is 57.1 Å². The molecule has 2 aromatic carbocycles. The quantitative estimate of drug-likeness (QED) is 0.528. The first-order chi connectivity index (χ1) is 17.4. The van der Waals surface area contributed by atoms with Gasteiger partial charge in [0.25, 0.3) is 0 Å². The normalized spacial score (nSPS) is 15.9. The molecular weight excluding hydrogens is 469 g/mol. The fourth-order valence-corrected chi connectivity index (χ4v) is 4.66. The Morgan fingerprint density at radius 1 is 0.972 bits per heavy atom. The largest absolute Gasteiger partial charge is 0.486 e. The lowest BCUT2D eigenvalue weighted by molar-refractivity contribution is 0.287. The summed E-state index contributed by atoms with van der Waals surface area (Å²) >= 11 is 0. The molecule has 1 saturated heterocycles. The molecule has 10 heteroatoms. The van der Waals surface area contributed by atoms with Crippen LogP contribution in [0.5, 0.6) is 5.75 Å². The van der Waals surface area contributed by atoms with Crippen molar-refractivity contribution >= 4 is 23.0 Å². The van der Waals surface area contributed by atoms with Gasteiger partial charge in [0.05, 0.1) is 24.1 Å². The number of halogens is 3. The predicted molar refractivity (Wildman–Crippen MR) is 135 cm³/mol. The molecule has 1 aromatic heterocycles. The van der Waals surface area contributed by atoms with E-state index in [9.17, 15) is 13.2 Å². The molecule has 0 amide bonds. The molecule has 1 fully saturated rings. The van der Waals surface area contributed by atoms with Crippen LogP contribution in [0.15, 0.2) is 36.5 Å². The Hall–Kier alpha value is -3.53. The summed E-state index contributed by atoms with van der Waals surface area (Å²) < 4.78 is 50.1. The number of rotatable bonds is 5. The SMILES string of the molecule is CC(C)N1CCOc2c(F)cc(-c3nc(Nc4ccc(N5CCCNCC5)c(F)c4)ncc3F)cc21. The maximum absolute atomic E-state index is 14.9. The third kappa shape index (κ3) is 4.90. The summed E-state index contributed by atoms with van der Waals surface area (Å²) in [4.78, 5) is 12.3. The molecule has 2 aliphatic heterocycles. The number of ether oxygens (including phenoxy) is 1. The summed E-state index contributed by atoms with van der Waals surface area (Å²) in [5, 5.41) is 6.25. The minimum atomic E-state index is -0.691. The molecule has 0 aliphatic carbocycles. The number of benzene rings is 2. The number of aromatic nitrogens is 2. The van der Waals surface area contributed by atoms with E-state index < -0.39 is 11.6 Å². The summed E-state index contributed by atoms with van der Waals surface area (Å²) in [6.07, 6.45) is 1.96. The zero-order chi connectivity index (χ0) is 25.2. The van der Waals surface area contributed by atoms with Crippen molar-refractivity contribution in [1.29, 1.82) is 0 Å². The van der Waals surface area contributed by atoms with Gasteiger partial charge in [-0.2, -0.15) is 0 Å². The lowest BCUT2D eigenvalue weighted by Gasteiger charge is -2.34. The number of nitrogens with one attached hydrogen (secondary N) is 2. The molecule has 3 heterocycles. The number of fused-ring (bicyclic) bond motifs is 1. The maximum atomic E-state index is 14.9. The summed E-state index contributed by atoms with van der Waals surface area (Å²) in [6, 6.07) is 7.82. The van der Waals surface area contributed by atoms with E-state index >= 15 is 0 Å². The second kappa shape index (κ2) is 10.2. The first-order valence-corrected chi connectivity index (χ1v) is 12.2. The average Bonchev–Trinajstić information content (AvgIpc) is 3.14. The molecule has 0 unspecified atom stereocenters. The Kier molecular flexibility index (Phi) is 6.86. The molecule has 0 atom stereocenters. The van der Waals surface area contributed by atoms with Crippen molar-refractivity contribution in [3.8, 4) is 17.0 Å². The Morgan fingerprint density at radius 2 is 1.83 bits per heavy atom. The van der Waals surface area contributed by atoms with Crippen LogP contribution < -0.4 is 25.2 Å². The Morgan fingerprint density at radius 3 is 2.64 bits per heavy atom. The fraction of sp³-hybridized carbons (Fsp3) is 0.385. The zero-order valence-corrected chi connectivity index (χ0v) is 20.3. The number of nitrogens with zero attached hydrogens (tertiary/aromatic N) is 4. The van der Waals surface area contributed by atoms with E-state index in [1.807, 2.05) is 23.6 Å². The van der Waals surface area contributed by atoms with Gasteiger partial charge in [-0.3, -0.25) is 0 Å². The lowest BCUT2D eigenvalue weighted by atomic mass is 10.1. The van der Waals surface area contributed by atoms with E-state index in [1.165, 1.54) is 12.1 Å². The Bertz CT molecular complexity index is 1250. The van der Waals surface area contributed by atoms with Gasteiger partial charge in [-0.1, -0.05) is 0 Å². The van der Waals surface area contributed by atoms with Gasteiger partial charge < -0.3 is 25.2 Å². The second-order valence-corrected chi connectivity index (χ2v) is 9.21. The van der Waals surface area contributed by atoms with Crippen LogP contribution in [0.25, 0.3) is 11.3 Å². The van der Waals surface area contributed by atoms with Gasteiger partial charge in [-0.15, -0.1) is 0 Å². The van der Waals surface area contributed by atoms with Crippen LogP contribution in [0.2, 0.25) is 0 Å². The highest BCUT2D eigenvalue weighted by atomic mass is 19.1. The van der Waals surface area contributed by atoms with Crippen molar-refractivity contribution in [2.24, 2.45) is 0 Å². The van der Waals surface area contributed by atoms with Crippen LogP contribution in [0.3, 0.4) is 0 Å². The Labute approximate surface area is 208 Å². The zero-order valence-electron chi connectivity index (χ0n) is 20.3. The predicted octanol–water partition coefficient (Wildman–Crippen LogP) is 4.71. The third-order valence-electron chi connectivity index (χ3n) is 6.44. The van der Waals surface area contributed by atoms with E-state index in [0.29, 0.717) is 30.2 Å². The van der Waals surface area contributed by atoms with Crippen LogP contribution >= 0.6 is 0 Å². The monoisotopic (exact) mass is 498 g/mol. The first-order valence-electron chi connectivity index (χ1n) is 12.2. The van der Waals surface area contributed by atoms with E-state index in [-0.39, 0.29) is 34.8 Å². The second-order valence-electron chi connectivity index (χ2n) is 9.21. The van der Waals surface area contributed by atoms with E-state index in [0.717, 1.165) is 38.8 Å². The van der Waals surface area contributed by atoms with Gasteiger partial charge in [0.2, 0.25) is 5.95 Å². The highest BCUT2D eigenvalue weighted by Gasteiger charge is 2.26. The van der Waals surface area contributed by atoms with E-state index in [4.69, 9.17) is 4.74 Å². The average molecular weight is 499 g/mol. The summed E-state index contributed by atoms with van der Waals surface area (Å²) in [7, 11) is 0. The van der Waals surface area contributed by atoms with Gasteiger partial charge in [0, 0.05) is 36.9 Å². The van der Waals surface area contributed by atoms with Gasteiger partial charge in [0.1, 0.15) is 18.1 Å². The molecule has 5 rings (SSSR count). The van der Waals surface area contributed by atoms with Gasteiger partial charge in [0.15, 0.2) is 17.4 Å². The molecule has 2 N–H and O–H groups in total. The maximum Gasteiger partial charge on any atom is 0.227 e. The van der Waals surface area contributed by atoms with Crippen LogP contribution in [0.4, 0.5) is 36.2 Å². The minimum Gasteiger partial charge on any atom is -0.486 e. The lowest BCUT2D eigenvalue weighted by Crippen LogP contribution is -2.38. The van der Waals surface area contributed by atoms with Crippen LogP contribution in [-0.2, 0) is 0 Å². The van der Waals surface area contributed by atoms with E-state index in [2.05, 4.69) is 20.6 Å². The Balaban J connectivity index is 1.42. The van der Waals surface area contributed by atoms with Gasteiger partial charge in [-0.25, -0.2) is 23.1 Å². The summed E-state index contributed by atoms with van der Waals surface area (Å²) in [5.41, 5.74) is 1.73. The van der Waals surface area contributed by atoms with Crippen molar-refractivity contribution in [2.45, 2.75) is 26.3 Å². The third-order valence-corrected chi connectivity index (χ3v) is 6.44. The molecule has 0 saturated carbocycles. The fourth-order valence-electron chi connectivity index (χ4n) is 4.66. The molecule has 3 aromatic rings. The highest BCUT2D eigenvalue weighted by Crippen LogP contribution is 2.39. The number of hydrogen-bond acceptors (Lipinski definition) is 7. The van der Waals surface area contributed by atoms with Gasteiger partial charge >= 0.3 is 0 Å². The minimum absolute atomic E-state index is 0.0577. The van der Waals surface area contributed by atoms with E-state index in [1.54, 1.807) is 18.2 Å². The van der Waals surface area contributed by atoms with Crippen molar-refractivity contribution in [3.05, 3.63) is 54.0 Å². The summed E-state index contributed by atoms with van der Waals surface area (Å²) in [6.45, 7) is 8.20. The standard InChI is InChI=1S/C26H29F3N6O/c1-16(2)35-10-11-36-25-20(28)12-17(13-23(25)35)24-21(29)15-31-26(33-24)32-18-4-5-22(19(27)14-18)34-8-3-6-30-7-9-34/h4-5,12-16,30H,3,6-11H2,1-2H3,(H,31,32,33). The van der Waals surface area contributed by atoms with Crippen LogP contribution in [0, 0.1) is 17.5 Å². The molecule has 2 aliphatic rings. The topological polar surface area (TPSA) is 65.6 Å². The van der Waals surface area contributed by atoms with Crippen molar-refractivity contribution in [2.75, 3.05) is 54.4 Å². The summed E-state index contributed by atoms with van der Waals surface area (Å²) in [5.74, 6) is -1.41. The molecule has 0 spiro atoms. The molecule has 0 bridgehead atoms. The molecule has 0 radical (unpaired) electrons. The van der Waals surface area contributed by atoms with Crippen LogP contribution in [0.1, 0.15) is 20.3 Å². The van der Waals surface area contributed by atoms with Crippen molar-refractivity contribution < 1.29 is 17.9 Å². The molecule has 36 heavy (non-hydrogen) atoms. The highest BCUT2D eigenvalue weighted by molar-refractivity contribution is 5.73. The molecule has 7 nitrogen and oxygen atoms in total. The van der Waals surface area contributed by atoms with Crippen molar-refractivity contribution in [1.82, 2.24) is 15.3 Å². The first kappa shape index (κ1) is 24.2. The molecular formula is C26H29F3N6O. The number of anilines is 4. The molecule has 190 valence electrons. The smallest absolute Gasteiger partial charge is 0.227 e.